The Labute approximate surface area is 254 Å². The van der Waals surface area contributed by atoms with Gasteiger partial charge in [0.25, 0.3) is 11.8 Å². The number of halogens is 5. The molecule has 0 saturated heterocycles. The minimum atomic E-state index is -4.68. The molecule has 0 saturated carbocycles. The van der Waals surface area contributed by atoms with Gasteiger partial charge in [-0.15, -0.1) is 11.6 Å². The van der Waals surface area contributed by atoms with Gasteiger partial charge in [0.15, 0.2) is 0 Å². The first-order valence-corrected chi connectivity index (χ1v) is 14.1. The van der Waals surface area contributed by atoms with E-state index >= 15 is 0 Å². The summed E-state index contributed by atoms with van der Waals surface area (Å²) in [7, 11) is 0. The van der Waals surface area contributed by atoms with E-state index in [-0.39, 0.29) is 24.5 Å². The summed E-state index contributed by atoms with van der Waals surface area (Å²) in [6.07, 6.45) is -4.68. The van der Waals surface area contributed by atoms with Crippen LogP contribution in [0.2, 0.25) is 0 Å². The van der Waals surface area contributed by atoms with Gasteiger partial charge in [0, 0.05) is 23.6 Å². The van der Waals surface area contributed by atoms with Crippen molar-refractivity contribution in [1.82, 2.24) is 20.4 Å². The fourth-order valence-electron chi connectivity index (χ4n) is 5.28. The van der Waals surface area contributed by atoms with Crippen LogP contribution in [0.5, 0.6) is 0 Å². The summed E-state index contributed by atoms with van der Waals surface area (Å²) in [5.74, 6) is -3.37. The lowest BCUT2D eigenvalue weighted by molar-refractivity contribution is -0.137. The number of para-hydroxylation sites is 1. The summed E-state index contributed by atoms with van der Waals surface area (Å²) in [6.45, 7) is 1.78. The quantitative estimate of drug-likeness (QED) is 0.208. The normalized spacial score (nSPS) is 16.4. The molecule has 5 rings (SSSR count). The zero-order chi connectivity index (χ0) is 31.6. The van der Waals surface area contributed by atoms with Gasteiger partial charge in [-0.3, -0.25) is 19.3 Å². The first-order chi connectivity index (χ1) is 21.0. The number of nitrogens with zero attached hydrogens (tertiary/aromatic N) is 3. The monoisotopic (exact) mass is 627 g/mol. The van der Waals surface area contributed by atoms with E-state index in [2.05, 4.69) is 10.6 Å². The topological polar surface area (TPSA) is 96.3 Å². The fourth-order valence-corrected chi connectivity index (χ4v) is 5.37. The van der Waals surface area contributed by atoms with Crippen molar-refractivity contribution in [3.63, 3.8) is 0 Å². The molecule has 0 aliphatic carbocycles. The Morgan fingerprint density at radius 3 is 2.34 bits per heavy atom. The lowest BCUT2D eigenvalue weighted by atomic mass is 9.80. The second-order valence-corrected chi connectivity index (χ2v) is 10.3. The predicted octanol–water partition coefficient (Wildman–Crippen LogP) is 5.18. The van der Waals surface area contributed by atoms with E-state index in [0.717, 1.165) is 12.1 Å². The minimum Gasteiger partial charge on any atom is -0.349 e. The molecule has 228 valence electrons. The van der Waals surface area contributed by atoms with Gasteiger partial charge in [-0.1, -0.05) is 36.4 Å². The van der Waals surface area contributed by atoms with E-state index < -0.39 is 47.2 Å². The van der Waals surface area contributed by atoms with Crippen LogP contribution in [0, 0.1) is 5.82 Å². The summed E-state index contributed by atoms with van der Waals surface area (Å²) in [4.78, 5) is 41.2. The smallest absolute Gasteiger partial charge is 0.349 e. The highest BCUT2D eigenvalue weighted by molar-refractivity contribution is 6.27. The minimum absolute atomic E-state index is 0.0918. The summed E-state index contributed by atoms with van der Waals surface area (Å²) in [6, 6.07) is 16.8. The third-order valence-electron chi connectivity index (χ3n) is 7.26. The van der Waals surface area contributed by atoms with Gasteiger partial charge in [0.05, 0.1) is 23.5 Å². The number of alkyl halides is 4. The van der Waals surface area contributed by atoms with Crippen LogP contribution in [0.15, 0.2) is 78.9 Å². The maximum atomic E-state index is 14.2. The molecule has 0 fully saturated rings. The molecular weight excluding hydrogens is 602 g/mol. The van der Waals surface area contributed by atoms with Gasteiger partial charge in [-0.25, -0.2) is 9.07 Å². The van der Waals surface area contributed by atoms with Crippen molar-refractivity contribution in [3.05, 3.63) is 113 Å². The van der Waals surface area contributed by atoms with Crippen LogP contribution in [0.1, 0.15) is 45.6 Å². The SMILES string of the molecule is CCN1C(=O)C(NC(=O)c2cccc(C(F)(F)F)c2)C(c2ccc(F)cc2)c2c(CNC(=O)CCl)nn(-c3ccccc3)c21. The molecule has 2 atom stereocenters. The third-order valence-corrected chi connectivity index (χ3v) is 7.51. The van der Waals surface area contributed by atoms with E-state index in [9.17, 15) is 31.9 Å². The van der Waals surface area contributed by atoms with E-state index in [1.54, 1.807) is 35.9 Å². The lowest BCUT2D eigenvalue weighted by Gasteiger charge is -2.38. The molecule has 44 heavy (non-hydrogen) atoms. The molecule has 0 bridgehead atoms. The number of fused-ring (bicyclic) bond motifs is 1. The van der Waals surface area contributed by atoms with Crippen molar-refractivity contribution in [2.45, 2.75) is 31.6 Å². The van der Waals surface area contributed by atoms with Crippen molar-refractivity contribution in [2.75, 3.05) is 17.3 Å². The number of anilines is 1. The molecule has 0 spiro atoms. The maximum Gasteiger partial charge on any atom is 0.416 e. The van der Waals surface area contributed by atoms with Crippen molar-refractivity contribution in [3.8, 4) is 5.69 Å². The van der Waals surface area contributed by atoms with Crippen LogP contribution in [0.3, 0.4) is 0 Å². The van der Waals surface area contributed by atoms with E-state index in [4.69, 9.17) is 16.7 Å². The number of carbonyl (C=O) groups is 3. The highest BCUT2D eigenvalue weighted by Crippen LogP contribution is 2.43. The largest absolute Gasteiger partial charge is 0.416 e. The second kappa shape index (κ2) is 12.5. The van der Waals surface area contributed by atoms with Crippen LogP contribution in [0.25, 0.3) is 5.69 Å². The van der Waals surface area contributed by atoms with Gasteiger partial charge in [-0.2, -0.15) is 18.3 Å². The van der Waals surface area contributed by atoms with Gasteiger partial charge in [-0.05, 0) is 55.0 Å². The van der Waals surface area contributed by atoms with Crippen LogP contribution in [-0.2, 0) is 22.3 Å². The number of benzene rings is 3. The Balaban J connectivity index is 1.69. The summed E-state index contributed by atoms with van der Waals surface area (Å²) in [5, 5.41) is 10.1. The number of amides is 3. The molecule has 0 radical (unpaired) electrons. The van der Waals surface area contributed by atoms with Crippen LogP contribution in [0.4, 0.5) is 23.4 Å². The molecule has 2 unspecified atom stereocenters. The molecule has 1 aliphatic heterocycles. The number of hydrogen-bond acceptors (Lipinski definition) is 4. The second-order valence-electron chi connectivity index (χ2n) is 9.98. The van der Waals surface area contributed by atoms with Crippen molar-refractivity contribution < 1.29 is 31.9 Å². The zero-order valence-corrected chi connectivity index (χ0v) is 24.0. The molecule has 13 heteroatoms. The first kappa shape index (κ1) is 30.7. The number of carbonyl (C=O) groups excluding carboxylic acids is 3. The van der Waals surface area contributed by atoms with Crippen molar-refractivity contribution >= 4 is 35.1 Å². The number of nitrogens with one attached hydrogen (secondary N) is 2. The molecule has 2 heterocycles. The summed E-state index contributed by atoms with van der Waals surface area (Å²) < 4.78 is 55.8. The van der Waals surface area contributed by atoms with Crippen molar-refractivity contribution in [2.24, 2.45) is 0 Å². The van der Waals surface area contributed by atoms with Gasteiger partial charge < -0.3 is 10.6 Å². The van der Waals surface area contributed by atoms with E-state index in [1.165, 1.54) is 35.2 Å². The zero-order valence-electron chi connectivity index (χ0n) is 23.2. The Kier molecular flexibility index (Phi) is 8.73. The van der Waals surface area contributed by atoms with Gasteiger partial charge >= 0.3 is 6.18 Å². The Morgan fingerprint density at radius 1 is 1.00 bits per heavy atom. The molecule has 3 amide bonds. The fraction of sp³-hybridized carbons (Fsp3) is 0.226. The highest BCUT2D eigenvalue weighted by atomic mass is 35.5. The number of rotatable bonds is 8. The van der Waals surface area contributed by atoms with Crippen LogP contribution >= 0.6 is 11.6 Å². The number of likely N-dealkylation sites (N-methyl/N-ethyl adjacent to an activating group) is 1. The van der Waals surface area contributed by atoms with Gasteiger partial charge in [0.1, 0.15) is 23.6 Å². The molecule has 8 nitrogen and oxygen atoms in total. The van der Waals surface area contributed by atoms with Crippen LogP contribution in [-0.4, -0.2) is 46.0 Å². The first-order valence-electron chi connectivity index (χ1n) is 13.6. The van der Waals surface area contributed by atoms with Crippen molar-refractivity contribution in [1.29, 1.82) is 0 Å². The number of hydrogen-bond donors (Lipinski definition) is 2. The molecule has 3 aromatic carbocycles. The highest BCUT2D eigenvalue weighted by Gasteiger charge is 2.46. The average Bonchev–Trinajstić information content (AvgIpc) is 3.39. The molecule has 4 aromatic rings. The standard InChI is InChI=1S/C31H26ClF4N5O3/c1-2-40-29-26(23(17-37-24(42)16-32)39-41(29)22-9-4-3-5-10-22)25(18-11-13-21(33)14-12-18)27(30(40)44)38-28(43)19-7-6-8-20(15-19)31(34,35)36/h3-15,25,27H,2,16-17H2,1H3,(H,37,42)(H,38,43). The average molecular weight is 628 g/mol. The number of aromatic nitrogens is 2. The summed E-state index contributed by atoms with van der Waals surface area (Å²) in [5.41, 5.74) is 0.535. The van der Waals surface area contributed by atoms with E-state index in [1.807, 2.05) is 6.07 Å². The molecule has 1 aromatic heterocycles. The maximum absolute atomic E-state index is 14.2. The van der Waals surface area contributed by atoms with Gasteiger partial charge in [0.2, 0.25) is 5.91 Å². The molecular formula is C31H26ClF4N5O3. The Morgan fingerprint density at radius 2 is 1.70 bits per heavy atom. The lowest BCUT2D eigenvalue weighted by Crippen LogP contribution is -2.55. The predicted molar refractivity (Wildman–Crippen MR) is 155 cm³/mol. The third kappa shape index (κ3) is 6.02. The van der Waals surface area contributed by atoms with Crippen LogP contribution < -0.4 is 15.5 Å². The Hall–Kier alpha value is -4.71. The van der Waals surface area contributed by atoms with E-state index in [0.29, 0.717) is 34.4 Å². The Bertz CT molecular complexity index is 1690. The molecule has 2 N–H and O–H groups in total. The molecule has 1 aliphatic rings. The summed E-state index contributed by atoms with van der Waals surface area (Å²) >= 11 is 5.70.